The van der Waals surface area contributed by atoms with E-state index in [1.165, 1.54) is 23.6 Å². The summed E-state index contributed by atoms with van der Waals surface area (Å²) in [5.74, 6) is -4.05. The Kier molecular flexibility index (Phi) is 11.6. The summed E-state index contributed by atoms with van der Waals surface area (Å²) < 4.78 is 35.4. The van der Waals surface area contributed by atoms with E-state index in [0.717, 1.165) is 4.90 Å². The van der Waals surface area contributed by atoms with Gasteiger partial charge in [-0.25, -0.2) is 15.1 Å². The molecule has 2 bridgehead atoms. The molecule has 4 aliphatic heterocycles. The molecule has 0 aliphatic carbocycles. The molecule has 0 saturated carbocycles. The summed E-state index contributed by atoms with van der Waals surface area (Å²) in [6.07, 6.45) is -0.256. The van der Waals surface area contributed by atoms with E-state index in [9.17, 15) is 42.6 Å². The number of fused-ring (bicyclic) bond motifs is 2. The summed E-state index contributed by atoms with van der Waals surface area (Å²) in [7, 11) is -1.60. The fraction of sp³-hybridized carbons (Fsp3) is 0.731. The van der Waals surface area contributed by atoms with Gasteiger partial charge in [-0.2, -0.15) is 13.5 Å². The van der Waals surface area contributed by atoms with Crippen LogP contribution in [-0.2, 0) is 38.7 Å². The first-order valence-electron chi connectivity index (χ1n) is 15.0. The van der Waals surface area contributed by atoms with Gasteiger partial charge >= 0.3 is 22.4 Å². The standard InChI is InChI=1S/C26H41N7O12S2/c1-12-19(29-20(25(38)39)21(12)46-15-9-16(28-10-15)24(37)31(3)4)18(13(2)34)23(36)27-7-8-44-30-22(35)17-6-5-14-11-32(17)26(40)33(14)45-47(41,42)43/h12-19,28-29,34H,5-11H2,1-4H3,(H,27,36)(H,30,35)(H,38,39)(H,41,42,43)/t12-,13-,14-,15+,16+,17+,18-,19-/m1/s1. The van der Waals surface area contributed by atoms with Gasteiger partial charge in [-0.05, 0) is 26.2 Å². The number of carbonyl (C=O) groups is 5. The highest BCUT2D eigenvalue weighted by Crippen LogP contribution is 2.42. The summed E-state index contributed by atoms with van der Waals surface area (Å²) in [5, 5.41) is 29.7. The first-order valence-corrected chi connectivity index (χ1v) is 17.2. The number of piperidine rings is 1. The molecule has 19 nitrogen and oxygen atoms in total. The summed E-state index contributed by atoms with van der Waals surface area (Å²) in [4.78, 5) is 71.2. The van der Waals surface area contributed by atoms with Crippen LogP contribution >= 0.6 is 11.8 Å². The third-order valence-electron chi connectivity index (χ3n) is 8.53. The number of aliphatic hydroxyl groups is 1. The average molecular weight is 708 g/mol. The second-order valence-corrected chi connectivity index (χ2v) is 14.4. The van der Waals surface area contributed by atoms with E-state index in [0.29, 0.717) is 22.9 Å². The van der Waals surface area contributed by atoms with Gasteiger partial charge in [0.05, 0.1) is 30.7 Å². The van der Waals surface area contributed by atoms with Crippen molar-refractivity contribution in [2.24, 2.45) is 11.8 Å². The van der Waals surface area contributed by atoms with Gasteiger partial charge in [0.15, 0.2) is 0 Å². The lowest BCUT2D eigenvalue weighted by Crippen LogP contribution is -2.51. The number of carboxylic acids is 1. The Morgan fingerprint density at radius 3 is 2.53 bits per heavy atom. The molecule has 8 atom stereocenters. The highest BCUT2D eigenvalue weighted by Gasteiger charge is 2.49. The number of amides is 5. The van der Waals surface area contributed by atoms with Crippen LogP contribution in [0.5, 0.6) is 0 Å². The highest BCUT2D eigenvalue weighted by atomic mass is 32.3. The minimum atomic E-state index is -4.93. The normalized spacial score (nSPS) is 28.6. The van der Waals surface area contributed by atoms with Crippen molar-refractivity contribution in [3.8, 4) is 0 Å². The maximum Gasteiger partial charge on any atom is 0.418 e. The molecule has 0 aromatic heterocycles. The smallest absolute Gasteiger partial charge is 0.418 e. The number of urea groups is 1. The molecule has 0 spiro atoms. The molecule has 0 aromatic carbocycles. The molecular weight excluding hydrogens is 666 g/mol. The minimum absolute atomic E-state index is 0.00369. The first kappa shape index (κ1) is 36.6. The van der Waals surface area contributed by atoms with Crippen molar-refractivity contribution in [3.05, 3.63) is 10.6 Å². The van der Waals surface area contributed by atoms with E-state index < -0.39 is 70.3 Å². The third-order valence-corrected chi connectivity index (χ3v) is 10.4. The fourth-order valence-corrected chi connectivity index (χ4v) is 8.12. The van der Waals surface area contributed by atoms with Crippen LogP contribution in [0.15, 0.2) is 10.6 Å². The summed E-state index contributed by atoms with van der Waals surface area (Å²) in [6, 6.07) is -3.68. The number of rotatable bonds is 14. The van der Waals surface area contributed by atoms with Crippen LogP contribution in [0.2, 0.25) is 0 Å². The lowest BCUT2D eigenvalue weighted by Gasteiger charge is -2.30. The fourth-order valence-electron chi connectivity index (χ4n) is 6.28. The van der Waals surface area contributed by atoms with E-state index in [2.05, 4.69) is 25.7 Å². The molecule has 7 N–H and O–H groups in total. The molecular formula is C26H41N7O12S2. The highest BCUT2D eigenvalue weighted by molar-refractivity contribution is 8.03. The monoisotopic (exact) mass is 707 g/mol. The Morgan fingerprint density at radius 1 is 1.21 bits per heavy atom. The molecule has 5 amide bonds. The number of hydrogen-bond acceptors (Lipinski definition) is 13. The van der Waals surface area contributed by atoms with Crippen LogP contribution in [0.25, 0.3) is 0 Å². The molecule has 0 aromatic rings. The third kappa shape index (κ3) is 8.45. The second kappa shape index (κ2) is 14.9. The Bertz CT molecular complexity index is 1390. The molecule has 4 rings (SSSR count). The van der Waals surface area contributed by atoms with Gasteiger partial charge in [0.2, 0.25) is 11.8 Å². The number of likely N-dealkylation sites (N-methyl/N-ethyl adjacent to an activating group) is 1. The van der Waals surface area contributed by atoms with Crippen molar-refractivity contribution in [1.82, 2.24) is 36.3 Å². The number of aliphatic carboxylic acids is 1. The zero-order valence-corrected chi connectivity index (χ0v) is 27.9. The van der Waals surface area contributed by atoms with Gasteiger partial charge in [-0.15, -0.1) is 16.0 Å². The summed E-state index contributed by atoms with van der Waals surface area (Å²) in [5.41, 5.74) is 2.15. The SMILES string of the molecule is C[C@@H](O)[C@@H](C(=O)NCCONC(=O)[C@@H]1CC[C@@H]2CN1C(=O)N2OS(=O)(=O)O)[C@@H]1NC(C(=O)O)=C(S[C@@H]2CN[C@H](C(=O)N(C)C)C2)[C@@H]1C. The molecule has 4 heterocycles. The number of hydroxylamine groups is 3. The van der Waals surface area contributed by atoms with Crippen LogP contribution in [0.3, 0.4) is 0 Å². The van der Waals surface area contributed by atoms with E-state index in [-0.39, 0.29) is 55.4 Å². The Hall–Kier alpha value is -3.21. The van der Waals surface area contributed by atoms with Gasteiger partial charge < -0.3 is 36.0 Å². The zero-order chi connectivity index (χ0) is 34.8. The number of nitrogens with one attached hydrogen (secondary N) is 4. The predicted molar refractivity (Wildman–Crippen MR) is 163 cm³/mol. The van der Waals surface area contributed by atoms with Crippen molar-refractivity contribution < 1.29 is 56.3 Å². The quantitative estimate of drug-likeness (QED) is 0.0565. The van der Waals surface area contributed by atoms with Crippen molar-refractivity contribution in [1.29, 1.82) is 0 Å². The maximum absolute atomic E-state index is 13.2. The van der Waals surface area contributed by atoms with Crippen molar-refractivity contribution in [2.45, 2.75) is 68.6 Å². The van der Waals surface area contributed by atoms with Gasteiger partial charge in [0, 0.05) is 55.8 Å². The topological polar surface area (TPSA) is 256 Å². The van der Waals surface area contributed by atoms with E-state index in [4.69, 9.17) is 9.39 Å². The molecule has 47 heavy (non-hydrogen) atoms. The van der Waals surface area contributed by atoms with Gasteiger partial charge in [0.1, 0.15) is 11.7 Å². The number of carboxylic acid groups (broad SMARTS) is 1. The Morgan fingerprint density at radius 2 is 1.91 bits per heavy atom. The van der Waals surface area contributed by atoms with Crippen molar-refractivity contribution in [3.63, 3.8) is 0 Å². The van der Waals surface area contributed by atoms with Crippen LogP contribution in [0.4, 0.5) is 4.79 Å². The van der Waals surface area contributed by atoms with Crippen LogP contribution in [0, 0.1) is 11.8 Å². The first-order chi connectivity index (χ1) is 22.0. The molecule has 0 radical (unpaired) electrons. The number of thioether (sulfide) groups is 1. The number of aliphatic hydroxyl groups excluding tert-OH is 1. The lowest BCUT2D eigenvalue weighted by atomic mass is 9.86. The molecule has 0 unspecified atom stereocenters. The summed E-state index contributed by atoms with van der Waals surface area (Å²) >= 11 is 1.34. The number of carbonyl (C=O) groups excluding carboxylic acids is 4. The van der Waals surface area contributed by atoms with E-state index >= 15 is 0 Å². The Balaban J connectivity index is 1.27. The molecule has 21 heteroatoms. The maximum atomic E-state index is 13.2. The van der Waals surface area contributed by atoms with Crippen LogP contribution in [0.1, 0.15) is 33.1 Å². The Labute approximate surface area is 275 Å². The molecule has 3 fully saturated rings. The van der Waals surface area contributed by atoms with Crippen molar-refractivity contribution >= 4 is 51.9 Å². The second-order valence-electron chi connectivity index (χ2n) is 12.1. The van der Waals surface area contributed by atoms with Crippen LogP contribution < -0.4 is 21.4 Å². The molecule has 3 saturated heterocycles. The minimum Gasteiger partial charge on any atom is -0.477 e. The number of nitrogens with zero attached hydrogens (tertiary/aromatic N) is 3. The van der Waals surface area contributed by atoms with Gasteiger partial charge in [-0.3, -0.25) is 23.8 Å². The molecule has 4 aliphatic rings. The largest absolute Gasteiger partial charge is 0.477 e. The van der Waals surface area contributed by atoms with Crippen LogP contribution in [-0.4, -0.2) is 144 Å². The lowest BCUT2D eigenvalue weighted by molar-refractivity contribution is -0.139. The molecule has 264 valence electrons. The predicted octanol–water partition coefficient (Wildman–Crippen LogP) is -2.39. The summed E-state index contributed by atoms with van der Waals surface area (Å²) in [6.45, 7) is 3.41. The van der Waals surface area contributed by atoms with Gasteiger partial charge in [-0.1, -0.05) is 6.92 Å². The number of hydrogen-bond donors (Lipinski definition) is 7. The average Bonchev–Trinajstić information content (AvgIpc) is 3.64. The van der Waals surface area contributed by atoms with E-state index in [1.807, 2.05) is 0 Å². The van der Waals surface area contributed by atoms with E-state index in [1.54, 1.807) is 21.0 Å². The van der Waals surface area contributed by atoms with Crippen molar-refractivity contribution in [2.75, 3.05) is 40.3 Å². The van der Waals surface area contributed by atoms with Gasteiger partial charge in [0.25, 0.3) is 5.91 Å². The zero-order valence-electron chi connectivity index (χ0n) is 26.2.